The van der Waals surface area contributed by atoms with Gasteiger partial charge in [-0.15, -0.1) is 0 Å². The number of halogens is 1. The number of anilines is 1. The van der Waals surface area contributed by atoms with E-state index in [1.165, 1.54) is 23.1 Å². The minimum absolute atomic E-state index is 0.151. The van der Waals surface area contributed by atoms with Crippen LogP contribution in [0.1, 0.15) is 10.4 Å². The van der Waals surface area contributed by atoms with Crippen LogP contribution in [0.25, 0.3) is 0 Å². The fourth-order valence-corrected chi connectivity index (χ4v) is 3.88. The van der Waals surface area contributed by atoms with E-state index in [0.717, 1.165) is 0 Å². The van der Waals surface area contributed by atoms with E-state index in [9.17, 15) is 13.2 Å². The maximum atomic E-state index is 12.7. The highest BCUT2D eigenvalue weighted by Crippen LogP contribution is 2.18. The molecule has 0 bridgehead atoms. The van der Waals surface area contributed by atoms with Crippen molar-refractivity contribution in [3.63, 3.8) is 0 Å². The van der Waals surface area contributed by atoms with E-state index in [1.54, 1.807) is 67.7 Å². The number of carbonyl (C=O) groups is 1. The van der Waals surface area contributed by atoms with E-state index in [1.807, 2.05) is 0 Å². The molecule has 3 rings (SSSR count). The number of amides is 1. The van der Waals surface area contributed by atoms with Gasteiger partial charge in [0, 0.05) is 23.3 Å². The molecule has 0 aliphatic carbocycles. The van der Waals surface area contributed by atoms with Crippen molar-refractivity contribution in [3.8, 4) is 5.75 Å². The summed E-state index contributed by atoms with van der Waals surface area (Å²) in [4.78, 5) is 14.4. The lowest BCUT2D eigenvalue weighted by molar-refractivity contribution is 0.0774. The lowest BCUT2D eigenvalue weighted by atomic mass is 10.2. The molecular weight excluding hydrogens is 424 g/mol. The number of benzene rings is 3. The Morgan fingerprint density at radius 1 is 1.00 bits per heavy atom. The van der Waals surface area contributed by atoms with Gasteiger partial charge in [0.2, 0.25) is 0 Å². The summed E-state index contributed by atoms with van der Waals surface area (Å²) in [7, 11) is -2.07. The van der Waals surface area contributed by atoms with Crippen LogP contribution in [0.3, 0.4) is 0 Å². The van der Waals surface area contributed by atoms with Gasteiger partial charge >= 0.3 is 0 Å². The second kappa shape index (κ2) is 9.65. The predicted octanol–water partition coefficient (Wildman–Crippen LogP) is 4.29. The second-order valence-corrected chi connectivity index (χ2v) is 8.65. The molecule has 0 aliphatic heterocycles. The van der Waals surface area contributed by atoms with Gasteiger partial charge in [-0.3, -0.25) is 9.52 Å². The Morgan fingerprint density at radius 3 is 2.40 bits per heavy atom. The summed E-state index contributed by atoms with van der Waals surface area (Å²) in [6, 6.07) is 21.4. The fraction of sp³-hybridized carbons (Fsp3) is 0.136. The average Bonchev–Trinajstić information content (AvgIpc) is 2.75. The summed E-state index contributed by atoms with van der Waals surface area (Å²) >= 11 is 5.84. The number of ether oxygens (including phenoxy) is 1. The number of hydrogen-bond acceptors (Lipinski definition) is 4. The van der Waals surface area contributed by atoms with E-state index in [0.29, 0.717) is 35.2 Å². The quantitative estimate of drug-likeness (QED) is 0.562. The zero-order valence-electron chi connectivity index (χ0n) is 16.3. The largest absolute Gasteiger partial charge is 0.492 e. The fourth-order valence-electron chi connectivity index (χ4n) is 2.68. The van der Waals surface area contributed by atoms with Crippen molar-refractivity contribution in [2.45, 2.75) is 4.90 Å². The van der Waals surface area contributed by atoms with Crippen molar-refractivity contribution in [3.05, 3.63) is 89.4 Å². The molecule has 1 N–H and O–H groups in total. The van der Waals surface area contributed by atoms with Crippen LogP contribution in [0.2, 0.25) is 5.02 Å². The molecule has 8 heteroatoms. The summed E-state index contributed by atoms with van der Waals surface area (Å²) in [5.74, 6) is 0.424. The van der Waals surface area contributed by atoms with Crippen molar-refractivity contribution in [2.75, 3.05) is 24.9 Å². The van der Waals surface area contributed by atoms with Crippen LogP contribution >= 0.6 is 11.6 Å². The predicted molar refractivity (Wildman–Crippen MR) is 118 cm³/mol. The maximum Gasteiger partial charge on any atom is 0.261 e. The van der Waals surface area contributed by atoms with Crippen LogP contribution < -0.4 is 9.46 Å². The Kier molecular flexibility index (Phi) is 6.97. The zero-order valence-corrected chi connectivity index (χ0v) is 17.9. The molecule has 1 amide bonds. The van der Waals surface area contributed by atoms with Gasteiger partial charge in [-0.1, -0.05) is 35.9 Å². The van der Waals surface area contributed by atoms with Gasteiger partial charge in [-0.25, -0.2) is 8.42 Å². The molecule has 6 nitrogen and oxygen atoms in total. The van der Waals surface area contributed by atoms with Crippen molar-refractivity contribution < 1.29 is 17.9 Å². The summed E-state index contributed by atoms with van der Waals surface area (Å²) in [6.07, 6.45) is 0. The molecule has 0 aliphatic rings. The SMILES string of the molecule is CN(CCOc1ccc(Cl)cc1)C(=O)c1cccc(NS(=O)(=O)c2ccccc2)c1. The van der Waals surface area contributed by atoms with Crippen LogP contribution in [0.5, 0.6) is 5.75 Å². The second-order valence-electron chi connectivity index (χ2n) is 6.53. The lowest BCUT2D eigenvalue weighted by Gasteiger charge is -2.18. The standard InChI is InChI=1S/C22H21ClN2O4S/c1-25(14-15-29-20-12-10-18(23)11-13-20)22(26)17-6-5-7-19(16-17)24-30(27,28)21-8-3-2-4-9-21/h2-13,16,24H,14-15H2,1H3. The number of hydrogen-bond donors (Lipinski definition) is 1. The first-order valence-corrected chi connectivity index (χ1v) is 11.0. The highest BCUT2D eigenvalue weighted by molar-refractivity contribution is 7.92. The van der Waals surface area contributed by atoms with Crippen molar-refractivity contribution in [2.24, 2.45) is 0 Å². The van der Waals surface area contributed by atoms with Crippen molar-refractivity contribution >= 4 is 33.2 Å². The molecule has 0 atom stereocenters. The number of nitrogens with one attached hydrogen (secondary N) is 1. The molecule has 0 radical (unpaired) electrons. The Hall–Kier alpha value is -3.03. The van der Waals surface area contributed by atoms with Crippen LogP contribution in [0, 0.1) is 0 Å². The molecule has 0 unspecified atom stereocenters. The molecule has 3 aromatic carbocycles. The molecule has 0 saturated carbocycles. The normalized spacial score (nSPS) is 11.0. The summed E-state index contributed by atoms with van der Waals surface area (Å²) in [6.45, 7) is 0.672. The maximum absolute atomic E-state index is 12.7. The van der Waals surface area contributed by atoms with Crippen molar-refractivity contribution in [1.82, 2.24) is 4.90 Å². The Labute approximate surface area is 181 Å². The third kappa shape index (κ3) is 5.75. The van der Waals surface area contributed by atoms with E-state index in [-0.39, 0.29) is 10.8 Å². The van der Waals surface area contributed by atoms with Gasteiger partial charge in [0.05, 0.1) is 11.4 Å². The Morgan fingerprint density at radius 2 is 1.70 bits per heavy atom. The smallest absolute Gasteiger partial charge is 0.261 e. The zero-order chi connectivity index (χ0) is 21.6. The molecule has 0 fully saturated rings. The molecule has 30 heavy (non-hydrogen) atoms. The van der Waals surface area contributed by atoms with Crippen LogP contribution in [-0.4, -0.2) is 39.4 Å². The van der Waals surface area contributed by atoms with E-state index in [4.69, 9.17) is 16.3 Å². The number of nitrogens with zero attached hydrogens (tertiary/aromatic N) is 1. The summed E-state index contributed by atoms with van der Waals surface area (Å²) < 4.78 is 33.1. The molecule has 0 spiro atoms. The van der Waals surface area contributed by atoms with Crippen LogP contribution in [0.4, 0.5) is 5.69 Å². The number of sulfonamides is 1. The highest BCUT2D eigenvalue weighted by Gasteiger charge is 2.16. The Bertz CT molecular complexity index is 1100. The van der Waals surface area contributed by atoms with E-state index >= 15 is 0 Å². The van der Waals surface area contributed by atoms with Crippen LogP contribution in [0.15, 0.2) is 83.8 Å². The van der Waals surface area contributed by atoms with Gasteiger partial charge < -0.3 is 9.64 Å². The minimum Gasteiger partial charge on any atom is -0.492 e. The molecule has 3 aromatic rings. The molecular formula is C22H21ClN2O4S. The average molecular weight is 445 g/mol. The summed E-state index contributed by atoms with van der Waals surface area (Å²) in [5, 5.41) is 0.623. The molecule has 0 heterocycles. The first-order valence-electron chi connectivity index (χ1n) is 9.17. The van der Waals surface area contributed by atoms with Gasteiger partial charge in [0.25, 0.3) is 15.9 Å². The number of likely N-dealkylation sites (N-methyl/N-ethyl adjacent to an activating group) is 1. The number of carbonyl (C=O) groups excluding carboxylic acids is 1. The van der Waals surface area contributed by atoms with Gasteiger partial charge in [0.1, 0.15) is 12.4 Å². The molecule has 0 aromatic heterocycles. The number of rotatable bonds is 8. The highest BCUT2D eigenvalue weighted by atomic mass is 35.5. The van der Waals surface area contributed by atoms with Gasteiger partial charge in [-0.05, 0) is 54.6 Å². The van der Waals surface area contributed by atoms with Gasteiger partial charge in [-0.2, -0.15) is 0 Å². The Balaban J connectivity index is 1.61. The third-order valence-electron chi connectivity index (χ3n) is 4.27. The lowest BCUT2D eigenvalue weighted by Crippen LogP contribution is -2.31. The van der Waals surface area contributed by atoms with Crippen molar-refractivity contribution in [1.29, 1.82) is 0 Å². The van der Waals surface area contributed by atoms with E-state index in [2.05, 4.69) is 4.72 Å². The third-order valence-corrected chi connectivity index (χ3v) is 5.92. The molecule has 156 valence electrons. The summed E-state index contributed by atoms with van der Waals surface area (Å²) in [5.41, 5.74) is 0.688. The van der Waals surface area contributed by atoms with Gasteiger partial charge in [0.15, 0.2) is 0 Å². The topological polar surface area (TPSA) is 75.7 Å². The minimum atomic E-state index is -3.73. The van der Waals surface area contributed by atoms with Crippen LogP contribution in [-0.2, 0) is 10.0 Å². The first kappa shape index (κ1) is 21.7. The first-order chi connectivity index (χ1) is 14.3. The molecule has 0 saturated heterocycles. The monoisotopic (exact) mass is 444 g/mol. The van der Waals surface area contributed by atoms with E-state index < -0.39 is 10.0 Å².